The molecule has 0 aromatic rings. The van der Waals surface area contributed by atoms with Crippen molar-refractivity contribution in [2.75, 3.05) is 19.7 Å². The van der Waals surface area contributed by atoms with Gasteiger partial charge >= 0.3 is 0 Å². The van der Waals surface area contributed by atoms with Gasteiger partial charge in [0.25, 0.3) is 0 Å². The normalized spacial score (nSPS) is 30.8. The maximum Gasteiger partial charge on any atom is 0.0674 e. The van der Waals surface area contributed by atoms with Gasteiger partial charge in [-0.2, -0.15) is 0 Å². The molecule has 1 rings (SSSR count). The van der Waals surface area contributed by atoms with Crippen molar-refractivity contribution in [1.29, 1.82) is 0 Å². The largest absolute Gasteiger partial charge is 0.376 e. The summed E-state index contributed by atoms with van der Waals surface area (Å²) >= 11 is 0. The van der Waals surface area contributed by atoms with Gasteiger partial charge in [0.2, 0.25) is 0 Å². The van der Waals surface area contributed by atoms with Crippen molar-refractivity contribution in [1.82, 2.24) is 4.90 Å². The summed E-state index contributed by atoms with van der Waals surface area (Å²) in [5, 5.41) is 0. The number of morpholine rings is 1. The van der Waals surface area contributed by atoms with Crippen LogP contribution in [-0.2, 0) is 4.74 Å². The van der Waals surface area contributed by atoms with Crippen molar-refractivity contribution in [3.8, 4) is 0 Å². The van der Waals surface area contributed by atoms with Crippen LogP contribution in [-0.4, -0.2) is 42.8 Å². The van der Waals surface area contributed by atoms with Gasteiger partial charge < -0.3 is 10.5 Å². The smallest absolute Gasteiger partial charge is 0.0674 e. The van der Waals surface area contributed by atoms with Crippen LogP contribution in [0.5, 0.6) is 0 Å². The molecule has 0 radical (unpaired) electrons. The average Bonchev–Trinajstić information content (AvgIpc) is 2.18. The van der Waals surface area contributed by atoms with Gasteiger partial charge in [0.05, 0.1) is 12.7 Å². The van der Waals surface area contributed by atoms with E-state index in [1.165, 1.54) is 6.42 Å². The van der Waals surface area contributed by atoms with E-state index in [1.54, 1.807) is 0 Å². The van der Waals surface area contributed by atoms with E-state index in [-0.39, 0.29) is 0 Å². The maximum absolute atomic E-state index is 5.88. The zero-order valence-corrected chi connectivity index (χ0v) is 10.6. The molecule has 0 aromatic carbocycles. The van der Waals surface area contributed by atoms with Crippen molar-refractivity contribution < 1.29 is 4.74 Å². The number of hydrogen-bond donors (Lipinski definition) is 1. The first-order valence-corrected chi connectivity index (χ1v) is 6.12. The summed E-state index contributed by atoms with van der Waals surface area (Å²) in [5.41, 5.74) is 5.88. The van der Waals surface area contributed by atoms with Gasteiger partial charge in [-0.1, -0.05) is 13.8 Å². The highest BCUT2D eigenvalue weighted by atomic mass is 16.5. The molecular formula is C12H26N2O. The number of hydrogen-bond acceptors (Lipinski definition) is 3. The minimum atomic E-state index is 0.349. The summed E-state index contributed by atoms with van der Waals surface area (Å²) in [6.07, 6.45) is 1.54. The van der Waals surface area contributed by atoms with E-state index >= 15 is 0 Å². The maximum atomic E-state index is 5.88. The van der Waals surface area contributed by atoms with E-state index < -0.39 is 0 Å². The first-order valence-electron chi connectivity index (χ1n) is 6.12. The fourth-order valence-electron chi connectivity index (χ4n) is 2.35. The van der Waals surface area contributed by atoms with E-state index in [0.717, 1.165) is 19.7 Å². The summed E-state index contributed by atoms with van der Waals surface area (Å²) in [6, 6.07) is 1.03. The molecule has 1 heterocycles. The second kappa shape index (κ2) is 5.83. The van der Waals surface area contributed by atoms with Crippen LogP contribution in [0.2, 0.25) is 0 Å². The predicted octanol–water partition coefficient (Wildman–Crippen LogP) is 1.47. The summed E-state index contributed by atoms with van der Waals surface area (Å²) in [7, 11) is 0. The lowest BCUT2D eigenvalue weighted by atomic mass is 10.00. The Bertz CT molecular complexity index is 184. The van der Waals surface area contributed by atoms with Crippen molar-refractivity contribution in [3.05, 3.63) is 0 Å². The molecule has 3 nitrogen and oxygen atoms in total. The molecule has 1 aliphatic rings. The van der Waals surface area contributed by atoms with Crippen LogP contribution in [0.3, 0.4) is 0 Å². The minimum Gasteiger partial charge on any atom is -0.376 e. The second-order valence-electron chi connectivity index (χ2n) is 5.21. The highest BCUT2D eigenvalue weighted by Crippen LogP contribution is 2.18. The lowest BCUT2D eigenvalue weighted by Gasteiger charge is -2.42. The molecule has 1 aliphatic heterocycles. The van der Waals surface area contributed by atoms with E-state index in [1.807, 2.05) is 0 Å². The summed E-state index contributed by atoms with van der Waals surface area (Å²) in [5.74, 6) is 0.712. The standard InChI is InChI=1S/C12H26N2O/c1-9(2)5-12(6-13)14-7-11(4)15-8-10(14)3/h9-12H,5-8,13H2,1-4H3. The van der Waals surface area contributed by atoms with Gasteiger partial charge in [0.1, 0.15) is 0 Å². The summed E-state index contributed by atoms with van der Waals surface area (Å²) in [6.45, 7) is 11.5. The molecule has 0 amide bonds. The van der Waals surface area contributed by atoms with E-state index in [9.17, 15) is 0 Å². The molecule has 0 aromatic heterocycles. The molecule has 0 saturated carbocycles. The van der Waals surface area contributed by atoms with Crippen molar-refractivity contribution in [3.63, 3.8) is 0 Å². The van der Waals surface area contributed by atoms with Crippen molar-refractivity contribution in [2.24, 2.45) is 11.7 Å². The lowest BCUT2D eigenvalue weighted by Crippen LogP contribution is -2.54. The molecule has 0 bridgehead atoms. The van der Waals surface area contributed by atoms with Gasteiger partial charge in [-0.25, -0.2) is 0 Å². The Kier molecular flexibility index (Phi) is 5.03. The number of rotatable bonds is 4. The Hall–Kier alpha value is -0.120. The molecule has 2 N–H and O–H groups in total. The van der Waals surface area contributed by atoms with Crippen LogP contribution >= 0.6 is 0 Å². The minimum absolute atomic E-state index is 0.349. The fourth-order valence-corrected chi connectivity index (χ4v) is 2.35. The SMILES string of the molecule is CC(C)CC(CN)N1CC(C)OCC1C. The zero-order chi connectivity index (χ0) is 11.4. The predicted molar refractivity (Wildman–Crippen MR) is 63.9 cm³/mol. The van der Waals surface area contributed by atoms with E-state index in [4.69, 9.17) is 10.5 Å². The van der Waals surface area contributed by atoms with E-state index in [2.05, 4.69) is 32.6 Å². The highest BCUT2D eigenvalue weighted by molar-refractivity contribution is 4.83. The lowest BCUT2D eigenvalue weighted by molar-refractivity contribution is -0.0672. The van der Waals surface area contributed by atoms with Crippen LogP contribution in [0.1, 0.15) is 34.1 Å². The fraction of sp³-hybridized carbons (Fsp3) is 1.00. The number of nitrogens with two attached hydrogens (primary N) is 1. The van der Waals surface area contributed by atoms with Crippen LogP contribution < -0.4 is 5.73 Å². The molecule has 0 aliphatic carbocycles. The zero-order valence-electron chi connectivity index (χ0n) is 10.6. The average molecular weight is 214 g/mol. The van der Waals surface area contributed by atoms with Gasteiger partial charge in [-0.05, 0) is 26.2 Å². The second-order valence-corrected chi connectivity index (χ2v) is 5.21. The molecule has 3 heteroatoms. The Balaban J connectivity index is 2.56. The highest BCUT2D eigenvalue weighted by Gasteiger charge is 2.28. The molecular weight excluding hydrogens is 188 g/mol. The van der Waals surface area contributed by atoms with Gasteiger partial charge in [-0.15, -0.1) is 0 Å². The molecule has 1 fully saturated rings. The first kappa shape index (κ1) is 12.9. The quantitative estimate of drug-likeness (QED) is 0.770. The van der Waals surface area contributed by atoms with Crippen molar-refractivity contribution >= 4 is 0 Å². The van der Waals surface area contributed by atoms with Crippen LogP contribution in [0.4, 0.5) is 0 Å². The van der Waals surface area contributed by atoms with E-state index in [0.29, 0.717) is 24.1 Å². The first-order chi connectivity index (χ1) is 7.04. The van der Waals surface area contributed by atoms with Gasteiger partial charge in [-0.3, -0.25) is 4.90 Å². The summed E-state index contributed by atoms with van der Waals surface area (Å²) in [4.78, 5) is 2.52. The topological polar surface area (TPSA) is 38.5 Å². The molecule has 1 saturated heterocycles. The number of ether oxygens (including phenoxy) is 1. The summed E-state index contributed by atoms with van der Waals surface area (Å²) < 4.78 is 5.64. The third kappa shape index (κ3) is 3.74. The van der Waals surface area contributed by atoms with Crippen molar-refractivity contribution in [2.45, 2.75) is 52.3 Å². The molecule has 3 unspecified atom stereocenters. The Labute approximate surface area is 94.0 Å². The van der Waals surface area contributed by atoms with Crippen LogP contribution in [0.25, 0.3) is 0 Å². The third-order valence-electron chi connectivity index (χ3n) is 3.14. The molecule has 3 atom stereocenters. The van der Waals surface area contributed by atoms with Crippen LogP contribution in [0, 0.1) is 5.92 Å². The number of nitrogens with zero attached hydrogens (tertiary/aromatic N) is 1. The molecule has 15 heavy (non-hydrogen) atoms. The third-order valence-corrected chi connectivity index (χ3v) is 3.14. The van der Waals surface area contributed by atoms with Crippen LogP contribution in [0.15, 0.2) is 0 Å². The Morgan fingerprint density at radius 2 is 2.07 bits per heavy atom. The Morgan fingerprint density at radius 1 is 1.40 bits per heavy atom. The Morgan fingerprint density at radius 3 is 2.60 bits per heavy atom. The van der Waals surface area contributed by atoms with Gasteiger partial charge in [0.15, 0.2) is 0 Å². The monoisotopic (exact) mass is 214 g/mol. The van der Waals surface area contributed by atoms with Gasteiger partial charge in [0, 0.05) is 25.2 Å². The molecule has 0 spiro atoms. The molecule has 90 valence electrons.